The van der Waals surface area contributed by atoms with Crippen molar-refractivity contribution in [3.63, 3.8) is 0 Å². The van der Waals surface area contributed by atoms with Crippen molar-refractivity contribution < 1.29 is 19.1 Å². The van der Waals surface area contributed by atoms with Crippen molar-refractivity contribution in [1.82, 2.24) is 4.90 Å². The number of carbonyl (C=O) groups excluding carboxylic acids is 2. The van der Waals surface area contributed by atoms with Crippen molar-refractivity contribution in [1.29, 1.82) is 0 Å². The summed E-state index contributed by atoms with van der Waals surface area (Å²) in [4.78, 5) is 24.6. The summed E-state index contributed by atoms with van der Waals surface area (Å²) >= 11 is 0. The number of nitrogens with zero attached hydrogens (tertiary/aromatic N) is 1. The van der Waals surface area contributed by atoms with E-state index in [1.54, 1.807) is 11.0 Å². The summed E-state index contributed by atoms with van der Waals surface area (Å²) in [5.74, 6) is 0. The Kier molecular flexibility index (Phi) is 5.19. The zero-order valence-corrected chi connectivity index (χ0v) is 13.4. The molecule has 1 aromatic rings. The van der Waals surface area contributed by atoms with Gasteiger partial charge in [0.2, 0.25) is 0 Å². The molecule has 0 saturated carbocycles. The molecular formula is C17H23NO4. The third kappa shape index (κ3) is 4.84. The maximum absolute atomic E-state index is 12.1. The predicted octanol–water partition coefficient (Wildman–Crippen LogP) is 2.68. The lowest BCUT2D eigenvalue weighted by atomic mass is 10.0. The number of ether oxygens (including phenoxy) is 2. The van der Waals surface area contributed by atoms with Crippen LogP contribution in [0.5, 0.6) is 0 Å². The summed E-state index contributed by atoms with van der Waals surface area (Å²) < 4.78 is 11.1. The Hall–Kier alpha value is -1.88. The first kappa shape index (κ1) is 16.5. The fourth-order valence-electron chi connectivity index (χ4n) is 2.39. The monoisotopic (exact) mass is 305 g/mol. The number of morpholine rings is 1. The van der Waals surface area contributed by atoms with E-state index in [2.05, 4.69) is 0 Å². The SMILES string of the molecule is CC(C)(C)OC(=O)N1CCOC(Cc2cccc(C=O)c2)C1. The van der Waals surface area contributed by atoms with E-state index in [1.165, 1.54) is 0 Å². The van der Waals surface area contributed by atoms with Crippen molar-refractivity contribution in [3.05, 3.63) is 35.4 Å². The van der Waals surface area contributed by atoms with Crippen LogP contribution in [0, 0.1) is 0 Å². The fourth-order valence-corrected chi connectivity index (χ4v) is 2.39. The normalized spacial score (nSPS) is 18.9. The molecule has 1 saturated heterocycles. The molecule has 1 heterocycles. The van der Waals surface area contributed by atoms with E-state index in [1.807, 2.05) is 39.0 Å². The van der Waals surface area contributed by atoms with E-state index in [0.717, 1.165) is 11.8 Å². The molecule has 1 fully saturated rings. The first-order chi connectivity index (χ1) is 10.4. The van der Waals surface area contributed by atoms with Gasteiger partial charge in [-0.05, 0) is 32.4 Å². The first-order valence-corrected chi connectivity index (χ1v) is 7.51. The molecule has 0 radical (unpaired) electrons. The Morgan fingerprint density at radius 1 is 1.45 bits per heavy atom. The average Bonchev–Trinajstić information content (AvgIpc) is 2.46. The number of carbonyl (C=O) groups is 2. The second-order valence-corrected chi connectivity index (χ2v) is 6.49. The number of hydrogen-bond donors (Lipinski definition) is 0. The van der Waals surface area contributed by atoms with Crippen LogP contribution in [0.15, 0.2) is 24.3 Å². The maximum atomic E-state index is 12.1. The minimum atomic E-state index is -0.497. The van der Waals surface area contributed by atoms with Crippen LogP contribution in [0.25, 0.3) is 0 Å². The lowest BCUT2D eigenvalue weighted by Gasteiger charge is -2.34. The van der Waals surface area contributed by atoms with Crippen molar-refractivity contribution >= 4 is 12.4 Å². The van der Waals surface area contributed by atoms with Gasteiger partial charge in [0, 0.05) is 18.5 Å². The van der Waals surface area contributed by atoms with Crippen LogP contribution in [0.1, 0.15) is 36.7 Å². The molecule has 22 heavy (non-hydrogen) atoms. The van der Waals surface area contributed by atoms with Gasteiger partial charge < -0.3 is 14.4 Å². The van der Waals surface area contributed by atoms with E-state index < -0.39 is 5.60 Å². The van der Waals surface area contributed by atoms with Gasteiger partial charge in [-0.25, -0.2) is 4.79 Å². The fraction of sp³-hybridized carbons (Fsp3) is 0.529. The molecule has 1 aliphatic rings. The molecule has 2 rings (SSSR count). The van der Waals surface area contributed by atoms with Crippen LogP contribution in [-0.2, 0) is 15.9 Å². The van der Waals surface area contributed by atoms with Gasteiger partial charge in [-0.15, -0.1) is 0 Å². The van der Waals surface area contributed by atoms with Crippen LogP contribution in [0.4, 0.5) is 4.79 Å². The number of benzene rings is 1. The molecule has 0 N–H and O–H groups in total. The van der Waals surface area contributed by atoms with E-state index in [-0.39, 0.29) is 12.2 Å². The Morgan fingerprint density at radius 2 is 2.23 bits per heavy atom. The summed E-state index contributed by atoms with van der Waals surface area (Å²) in [6.07, 6.45) is 1.12. The summed E-state index contributed by atoms with van der Waals surface area (Å²) in [5.41, 5.74) is 1.18. The predicted molar refractivity (Wildman–Crippen MR) is 83.1 cm³/mol. The Balaban J connectivity index is 1.95. The molecule has 1 unspecified atom stereocenters. The molecule has 0 aliphatic carbocycles. The van der Waals surface area contributed by atoms with Gasteiger partial charge in [0.25, 0.3) is 0 Å². The quantitative estimate of drug-likeness (QED) is 0.806. The molecule has 5 heteroatoms. The molecule has 0 bridgehead atoms. The minimum Gasteiger partial charge on any atom is -0.444 e. The number of amides is 1. The molecule has 1 atom stereocenters. The zero-order chi connectivity index (χ0) is 16.2. The minimum absolute atomic E-state index is 0.0804. The standard InChI is InChI=1S/C17H23NO4/c1-17(2,3)22-16(20)18-7-8-21-15(11-18)10-13-5-4-6-14(9-13)12-19/h4-6,9,12,15H,7-8,10-11H2,1-3H3. The van der Waals surface area contributed by atoms with E-state index in [0.29, 0.717) is 31.7 Å². The van der Waals surface area contributed by atoms with Gasteiger partial charge in [0.15, 0.2) is 0 Å². The topological polar surface area (TPSA) is 55.8 Å². The highest BCUT2D eigenvalue weighted by molar-refractivity contribution is 5.74. The van der Waals surface area contributed by atoms with Crippen molar-refractivity contribution in [2.75, 3.05) is 19.7 Å². The van der Waals surface area contributed by atoms with Crippen LogP contribution >= 0.6 is 0 Å². The van der Waals surface area contributed by atoms with E-state index >= 15 is 0 Å². The number of hydrogen-bond acceptors (Lipinski definition) is 4. The molecule has 0 spiro atoms. The molecule has 0 aromatic heterocycles. The lowest BCUT2D eigenvalue weighted by molar-refractivity contribution is -0.0415. The Bertz CT molecular complexity index is 536. The number of rotatable bonds is 3. The van der Waals surface area contributed by atoms with Crippen LogP contribution in [0.2, 0.25) is 0 Å². The molecule has 1 aliphatic heterocycles. The third-order valence-electron chi connectivity index (χ3n) is 3.34. The van der Waals surface area contributed by atoms with Crippen LogP contribution in [-0.4, -0.2) is 48.7 Å². The van der Waals surface area contributed by atoms with Crippen LogP contribution < -0.4 is 0 Å². The van der Waals surface area contributed by atoms with Gasteiger partial charge in [-0.2, -0.15) is 0 Å². The largest absolute Gasteiger partial charge is 0.444 e. The van der Waals surface area contributed by atoms with Crippen molar-refractivity contribution in [2.24, 2.45) is 0 Å². The molecular weight excluding hydrogens is 282 g/mol. The summed E-state index contributed by atoms with van der Waals surface area (Å²) in [6.45, 7) is 7.10. The van der Waals surface area contributed by atoms with Gasteiger partial charge >= 0.3 is 6.09 Å². The summed E-state index contributed by atoms with van der Waals surface area (Å²) in [6, 6.07) is 7.43. The van der Waals surface area contributed by atoms with Crippen molar-refractivity contribution in [2.45, 2.75) is 38.9 Å². The van der Waals surface area contributed by atoms with E-state index in [9.17, 15) is 9.59 Å². The molecule has 120 valence electrons. The highest BCUT2D eigenvalue weighted by atomic mass is 16.6. The second kappa shape index (κ2) is 6.92. The van der Waals surface area contributed by atoms with Gasteiger partial charge in [-0.1, -0.05) is 18.2 Å². The van der Waals surface area contributed by atoms with Gasteiger partial charge in [-0.3, -0.25) is 4.79 Å². The molecule has 5 nitrogen and oxygen atoms in total. The average molecular weight is 305 g/mol. The smallest absolute Gasteiger partial charge is 0.410 e. The maximum Gasteiger partial charge on any atom is 0.410 e. The van der Waals surface area contributed by atoms with Gasteiger partial charge in [0.1, 0.15) is 11.9 Å². The first-order valence-electron chi connectivity index (χ1n) is 7.51. The highest BCUT2D eigenvalue weighted by Crippen LogP contribution is 2.16. The van der Waals surface area contributed by atoms with Gasteiger partial charge in [0.05, 0.1) is 19.3 Å². The molecule has 1 aromatic carbocycles. The Morgan fingerprint density at radius 3 is 2.91 bits per heavy atom. The highest BCUT2D eigenvalue weighted by Gasteiger charge is 2.28. The summed E-state index contributed by atoms with van der Waals surface area (Å²) in [5, 5.41) is 0. The van der Waals surface area contributed by atoms with E-state index in [4.69, 9.17) is 9.47 Å². The Labute approximate surface area is 131 Å². The third-order valence-corrected chi connectivity index (χ3v) is 3.34. The zero-order valence-electron chi connectivity index (χ0n) is 13.4. The summed E-state index contributed by atoms with van der Waals surface area (Å²) in [7, 11) is 0. The second-order valence-electron chi connectivity index (χ2n) is 6.49. The van der Waals surface area contributed by atoms with Crippen molar-refractivity contribution in [3.8, 4) is 0 Å². The van der Waals surface area contributed by atoms with Crippen LogP contribution in [0.3, 0.4) is 0 Å². The number of aldehydes is 1. The lowest BCUT2D eigenvalue weighted by Crippen LogP contribution is -2.48. The molecule has 1 amide bonds.